The van der Waals surface area contributed by atoms with Crippen molar-refractivity contribution in [3.63, 3.8) is 0 Å². The molecule has 3 heterocycles. The fourth-order valence-electron chi connectivity index (χ4n) is 2.99. The quantitative estimate of drug-likeness (QED) is 0.727. The van der Waals surface area contributed by atoms with Crippen LogP contribution >= 0.6 is 0 Å². The zero-order valence-electron chi connectivity index (χ0n) is 12.5. The third kappa shape index (κ3) is 2.54. The molecule has 2 aromatic heterocycles. The molecule has 0 amide bonds. The fraction of sp³-hybridized carbons (Fsp3) is 0.222. The average Bonchev–Trinajstić information content (AvgIpc) is 3.15. The van der Waals surface area contributed by atoms with Crippen LogP contribution in [0.4, 0.5) is 5.69 Å². The lowest BCUT2D eigenvalue weighted by molar-refractivity contribution is 0.0258. The molecule has 0 saturated carbocycles. The van der Waals surface area contributed by atoms with E-state index >= 15 is 0 Å². The highest BCUT2D eigenvalue weighted by Crippen LogP contribution is 2.31. The first-order valence-electron chi connectivity index (χ1n) is 7.55. The molecule has 1 atom stereocenters. The van der Waals surface area contributed by atoms with E-state index in [9.17, 15) is 5.26 Å². The number of para-hydroxylation sites is 1. The summed E-state index contributed by atoms with van der Waals surface area (Å²) in [6.45, 7) is 2.08. The highest BCUT2D eigenvalue weighted by atomic mass is 16.5. The van der Waals surface area contributed by atoms with E-state index in [2.05, 4.69) is 16.0 Å². The molecule has 1 aliphatic heterocycles. The van der Waals surface area contributed by atoms with Crippen molar-refractivity contribution in [3.05, 3.63) is 60.2 Å². The van der Waals surface area contributed by atoms with Gasteiger partial charge in [-0.05, 0) is 24.3 Å². The van der Waals surface area contributed by atoms with Gasteiger partial charge in [0, 0.05) is 17.6 Å². The first kappa shape index (κ1) is 13.8. The minimum absolute atomic E-state index is 0.101. The Bertz CT molecular complexity index is 868. The molecule has 0 aliphatic carbocycles. The second-order valence-electron chi connectivity index (χ2n) is 5.48. The summed E-state index contributed by atoms with van der Waals surface area (Å²) in [5, 5.41) is 10.3. The van der Waals surface area contributed by atoms with E-state index in [1.807, 2.05) is 42.5 Å². The summed E-state index contributed by atoms with van der Waals surface area (Å²) >= 11 is 0. The van der Waals surface area contributed by atoms with Crippen LogP contribution in [-0.4, -0.2) is 24.7 Å². The van der Waals surface area contributed by atoms with Gasteiger partial charge in [-0.3, -0.25) is 0 Å². The summed E-state index contributed by atoms with van der Waals surface area (Å²) in [6.07, 6.45) is 1.56. The van der Waals surface area contributed by atoms with Gasteiger partial charge in [0.25, 0.3) is 0 Å². The monoisotopic (exact) mass is 305 g/mol. The molecule has 0 radical (unpaired) electrons. The Balaban J connectivity index is 1.75. The molecule has 5 heteroatoms. The summed E-state index contributed by atoms with van der Waals surface area (Å²) in [4.78, 5) is 6.62. The molecule has 1 aliphatic rings. The minimum atomic E-state index is -0.101. The van der Waals surface area contributed by atoms with Crippen LogP contribution in [-0.2, 0) is 4.74 Å². The lowest BCUT2D eigenvalue weighted by Crippen LogP contribution is -2.38. The van der Waals surface area contributed by atoms with Crippen LogP contribution in [0, 0.1) is 11.3 Å². The van der Waals surface area contributed by atoms with E-state index in [4.69, 9.17) is 9.15 Å². The maximum Gasteiger partial charge on any atom is 0.143 e. The number of pyridine rings is 1. The Hall–Kier alpha value is -2.84. The van der Waals surface area contributed by atoms with Crippen LogP contribution in [0.3, 0.4) is 0 Å². The number of morpholine rings is 1. The number of fused-ring (bicyclic) bond motifs is 1. The van der Waals surface area contributed by atoms with Crippen LogP contribution in [0.2, 0.25) is 0 Å². The van der Waals surface area contributed by atoms with E-state index < -0.39 is 0 Å². The average molecular weight is 305 g/mol. The van der Waals surface area contributed by atoms with Gasteiger partial charge in [0.2, 0.25) is 0 Å². The first-order chi connectivity index (χ1) is 11.3. The van der Waals surface area contributed by atoms with E-state index in [0.717, 1.165) is 28.9 Å². The molecular formula is C18H15N3O2. The van der Waals surface area contributed by atoms with Crippen molar-refractivity contribution in [2.24, 2.45) is 0 Å². The molecule has 1 aromatic carbocycles. The zero-order valence-corrected chi connectivity index (χ0v) is 12.5. The van der Waals surface area contributed by atoms with E-state index in [1.54, 1.807) is 6.26 Å². The third-order valence-electron chi connectivity index (χ3n) is 4.08. The highest BCUT2D eigenvalue weighted by molar-refractivity contribution is 5.92. The number of rotatable bonds is 2. The second kappa shape index (κ2) is 5.75. The normalized spacial score (nSPS) is 18.0. The number of aromatic nitrogens is 1. The largest absolute Gasteiger partial charge is 0.467 e. The van der Waals surface area contributed by atoms with Gasteiger partial charge in [-0.25, -0.2) is 4.98 Å². The molecule has 23 heavy (non-hydrogen) atoms. The Morgan fingerprint density at radius 1 is 1.22 bits per heavy atom. The molecule has 4 rings (SSSR count). The number of nitriles is 1. The minimum Gasteiger partial charge on any atom is -0.467 e. The van der Waals surface area contributed by atoms with Gasteiger partial charge in [0.15, 0.2) is 0 Å². The molecule has 114 valence electrons. The van der Waals surface area contributed by atoms with Gasteiger partial charge >= 0.3 is 0 Å². The topological polar surface area (TPSA) is 62.3 Å². The predicted octanol–water partition coefficient (Wildman–Crippen LogP) is 3.28. The van der Waals surface area contributed by atoms with E-state index in [1.165, 1.54) is 0 Å². The fourth-order valence-corrected chi connectivity index (χ4v) is 2.99. The third-order valence-corrected chi connectivity index (χ3v) is 4.08. The van der Waals surface area contributed by atoms with Gasteiger partial charge in [0.05, 0.1) is 24.9 Å². The summed E-state index contributed by atoms with van der Waals surface area (Å²) < 4.78 is 11.3. The molecule has 1 saturated heterocycles. The van der Waals surface area contributed by atoms with Crippen molar-refractivity contribution < 1.29 is 9.15 Å². The number of anilines is 1. The maximum absolute atomic E-state index is 9.25. The van der Waals surface area contributed by atoms with Gasteiger partial charge < -0.3 is 14.1 Å². The molecule has 3 aromatic rings. The molecule has 0 spiro atoms. The maximum atomic E-state index is 9.25. The SMILES string of the molecule is N#Cc1cc(N2CCOC(c3ccco3)C2)c2ccccc2n1. The van der Waals surface area contributed by atoms with Crippen LogP contribution < -0.4 is 4.90 Å². The summed E-state index contributed by atoms with van der Waals surface area (Å²) in [7, 11) is 0. The number of nitrogens with zero attached hydrogens (tertiary/aromatic N) is 3. The van der Waals surface area contributed by atoms with E-state index in [-0.39, 0.29) is 6.10 Å². The van der Waals surface area contributed by atoms with Crippen molar-refractivity contribution in [2.45, 2.75) is 6.10 Å². The van der Waals surface area contributed by atoms with Crippen molar-refractivity contribution in [2.75, 3.05) is 24.6 Å². The van der Waals surface area contributed by atoms with Crippen LogP contribution in [0.1, 0.15) is 17.6 Å². The van der Waals surface area contributed by atoms with Crippen molar-refractivity contribution >= 4 is 16.6 Å². The number of hydrogen-bond donors (Lipinski definition) is 0. The van der Waals surface area contributed by atoms with Crippen molar-refractivity contribution in [3.8, 4) is 6.07 Å². The molecule has 5 nitrogen and oxygen atoms in total. The van der Waals surface area contributed by atoms with Gasteiger partial charge in [0.1, 0.15) is 23.6 Å². The summed E-state index contributed by atoms with van der Waals surface area (Å²) in [5.74, 6) is 0.827. The van der Waals surface area contributed by atoms with Crippen molar-refractivity contribution in [1.29, 1.82) is 5.26 Å². The van der Waals surface area contributed by atoms with E-state index in [0.29, 0.717) is 18.8 Å². The molecule has 0 bridgehead atoms. The summed E-state index contributed by atoms with van der Waals surface area (Å²) in [6, 6.07) is 15.7. The van der Waals surface area contributed by atoms with Crippen LogP contribution in [0.25, 0.3) is 10.9 Å². The van der Waals surface area contributed by atoms with Gasteiger partial charge in [-0.15, -0.1) is 0 Å². The second-order valence-corrected chi connectivity index (χ2v) is 5.48. The van der Waals surface area contributed by atoms with Gasteiger partial charge in [-0.2, -0.15) is 5.26 Å². The van der Waals surface area contributed by atoms with Crippen LogP contribution in [0.5, 0.6) is 0 Å². The van der Waals surface area contributed by atoms with Gasteiger partial charge in [-0.1, -0.05) is 18.2 Å². The standard InChI is InChI=1S/C18H15N3O2/c19-11-13-10-16(14-4-1-2-5-15(14)20-13)21-7-9-23-18(12-21)17-6-3-8-22-17/h1-6,8,10,18H,7,9,12H2. The Labute approximate surface area is 133 Å². The number of benzene rings is 1. The Morgan fingerprint density at radius 2 is 2.13 bits per heavy atom. The van der Waals surface area contributed by atoms with Crippen LogP contribution in [0.15, 0.2) is 53.1 Å². The molecule has 0 N–H and O–H groups in total. The lowest BCUT2D eigenvalue weighted by Gasteiger charge is -2.34. The molecule has 1 unspecified atom stereocenters. The number of furan rings is 1. The molecular weight excluding hydrogens is 290 g/mol. The predicted molar refractivity (Wildman–Crippen MR) is 86.1 cm³/mol. The lowest BCUT2D eigenvalue weighted by atomic mass is 10.1. The Morgan fingerprint density at radius 3 is 2.96 bits per heavy atom. The Kier molecular flexibility index (Phi) is 3.45. The summed E-state index contributed by atoms with van der Waals surface area (Å²) in [5.41, 5.74) is 2.29. The first-order valence-corrected chi connectivity index (χ1v) is 7.55. The number of hydrogen-bond acceptors (Lipinski definition) is 5. The number of ether oxygens (including phenoxy) is 1. The smallest absolute Gasteiger partial charge is 0.143 e. The van der Waals surface area contributed by atoms with Crippen molar-refractivity contribution in [1.82, 2.24) is 4.98 Å². The molecule has 1 fully saturated rings. The highest BCUT2D eigenvalue weighted by Gasteiger charge is 2.25. The zero-order chi connectivity index (χ0) is 15.6.